The summed E-state index contributed by atoms with van der Waals surface area (Å²) in [6.07, 6.45) is 3.60. The van der Waals surface area contributed by atoms with Crippen LogP contribution in [0.3, 0.4) is 0 Å². The molecule has 40 heavy (non-hydrogen) atoms. The van der Waals surface area contributed by atoms with Crippen molar-refractivity contribution < 1.29 is 9.53 Å². The molecule has 2 N–H and O–H groups in total. The molecule has 0 spiro atoms. The lowest BCUT2D eigenvalue weighted by Gasteiger charge is -2.29. The van der Waals surface area contributed by atoms with Crippen LogP contribution in [0.5, 0.6) is 5.75 Å². The molecule has 1 fully saturated rings. The number of hydrogen-bond donors (Lipinski definition) is 2. The Bertz CT molecular complexity index is 1550. The van der Waals surface area contributed by atoms with E-state index in [1.54, 1.807) is 19.5 Å². The lowest BCUT2D eigenvalue weighted by Crippen LogP contribution is -2.30. The topological polar surface area (TPSA) is 84.3 Å². The van der Waals surface area contributed by atoms with Crippen molar-refractivity contribution in [1.82, 2.24) is 19.9 Å². The maximum atomic E-state index is 12.7. The van der Waals surface area contributed by atoms with Crippen LogP contribution in [0, 0.1) is 19.3 Å². The van der Waals surface area contributed by atoms with E-state index in [9.17, 15) is 4.79 Å². The first-order valence-electron chi connectivity index (χ1n) is 13.2. The van der Waals surface area contributed by atoms with Crippen molar-refractivity contribution in [3.05, 3.63) is 95.7 Å². The molecule has 4 heterocycles. The number of carbonyl (C=O) groups excluding carboxylic acids is 1. The van der Waals surface area contributed by atoms with Crippen molar-refractivity contribution in [1.29, 1.82) is 0 Å². The molecule has 0 radical (unpaired) electrons. The summed E-state index contributed by atoms with van der Waals surface area (Å²) >= 11 is 5.94. The van der Waals surface area contributed by atoms with Gasteiger partial charge in [0.2, 0.25) is 5.91 Å². The van der Waals surface area contributed by atoms with Crippen LogP contribution in [0.1, 0.15) is 55.5 Å². The van der Waals surface area contributed by atoms with Crippen LogP contribution in [-0.2, 0) is 4.79 Å². The van der Waals surface area contributed by atoms with Crippen LogP contribution in [0.2, 0.25) is 0 Å². The average molecular weight is 555 g/mol. The summed E-state index contributed by atoms with van der Waals surface area (Å²) in [6.45, 7) is 9.82. The van der Waals surface area contributed by atoms with Gasteiger partial charge < -0.3 is 24.8 Å². The zero-order chi connectivity index (χ0) is 28.6. The number of carbonyl (C=O) groups is 1. The van der Waals surface area contributed by atoms with Gasteiger partial charge in [-0.15, -0.1) is 0 Å². The summed E-state index contributed by atoms with van der Waals surface area (Å²) in [5.41, 5.74) is 5.04. The van der Waals surface area contributed by atoms with Gasteiger partial charge in [0.15, 0.2) is 5.11 Å². The van der Waals surface area contributed by atoms with Gasteiger partial charge in [0, 0.05) is 41.0 Å². The maximum Gasteiger partial charge on any atom is 0.229 e. The Kier molecular flexibility index (Phi) is 7.33. The SMILES string of the molecule is COc1cc(N2C(=S)NC(c3ccccn3)C2c2cc(C)n(-c3ccccn3)c2C)ccc1NC(=O)C(C)(C)C. The molecule has 4 aromatic rings. The molecule has 1 saturated heterocycles. The largest absolute Gasteiger partial charge is 0.494 e. The van der Waals surface area contributed by atoms with Crippen LogP contribution in [0.25, 0.3) is 5.82 Å². The number of aryl methyl sites for hydroxylation is 1. The number of aromatic nitrogens is 3. The van der Waals surface area contributed by atoms with Crippen molar-refractivity contribution in [2.24, 2.45) is 5.41 Å². The fourth-order valence-electron chi connectivity index (χ4n) is 5.12. The van der Waals surface area contributed by atoms with Gasteiger partial charge in [-0.3, -0.25) is 9.78 Å². The first-order chi connectivity index (χ1) is 19.1. The van der Waals surface area contributed by atoms with Gasteiger partial charge in [-0.2, -0.15) is 0 Å². The molecule has 206 valence electrons. The van der Waals surface area contributed by atoms with Crippen LogP contribution < -0.4 is 20.3 Å². The Morgan fingerprint density at radius 3 is 2.38 bits per heavy atom. The van der Waals surface area contributed by atoms with Crippen LogP contribution in [-0.4, -0.2) is 32.7 Å². The molecule has 3 aromatic heterocycles. The highest BCUT2D eigenvalue weighted by molar-refractivity contribution is 7.80. The van der Waals surface area contributed by atoms with Crippen LogP contribution >= 0.6 is 12.2 Å². The van der Waals surface area contributed by atoms with E-state index in [0.29, 0.717) is 16.5 Å². The molecule has 5 rings (SSSR count). The molecule has 2 atom stereocenters. The summed E-state index contributed by atoms with van der Waals surface area (Å²) in [5.74, 6) is 1.32. The lowest BCUT2D eigenvalue weighted by atomic mass is 9.95. The lowest BCUT2D eigenvalue weighted by molar-refractivity contribution is -0.123. The summed E-state index contributed by atoms with van der Waals surface area (Å²) in [6, 6.07) is 19.4. The van der Waals surface area contributed by atoms with Crippen molar-refractivity contribution in [3.63, 3.8) is 0 Å². The Morgan fingerprint density at radius 1 is 1.02 bits per heavy atom. The van der Waals surface area contributed by atoms with E-state index in [2.05, 4.69) is 50.0 Å². The molecule has 2 unspecified atom stereocenters. The molecular weight excluding hydrogens is 520 g/mol. The highest BCUT2D eigenvalue weighted by atomic mass is 32.1. The van der Waals surface area contributed by atoms with Crippen molar-refractivity contribution in [2.75, 3.05) is 17.3 Å². The number of rotatable bonds is 6. The number of nitrogens with one attached hydrogen (secondary N) is 2. The summed E-state index contributed by atoms with van der Waals surface area (Å²) in [5, 5.41) is 7.10. The summed E-state index contributed by atoms with van der Waals surface area (Å²) < 4.78 is 7.88. The minimum Gasteiger partial charge on any atom is -0.494 e. The highest BCUT2D eigenvalue weighted by Gasteiger charge is 2.42. The molecule has 0 aliphatic carbocycles. The predicted octanol–water partition coefficient (Wildman–Crippen LogP) is 6.05. The van der Waals surface area contributed by atoms with Gasteiger partial charge >= 0.3 is 0 Å². The Hall–Kier alpha value is -4.24. The number of pyridine rings is 2. The van der Waals surface area contributed by atoms with Crippen molar-refractivity contribution in [2.45, 2.75) is 46.7 Å². The van der Waals surface area contributed by atoms with E-state index in [1.165, 1.54) is 0 Å². The second-order valence-corrected chi connectivity index (χ2v) is 11.3. The van der Waals surface area contributed by atoms with Gasteiger partial charge in [0.1, 0.15) is 11.6 Å². The summed E-state index contributed by atoms with van der Waals surface area (Å²) in [7, 11) is 1.60. The molecular formula is C31H34N6O2S. The molecule has 1 aliphatic heterocycles. The fourth-order valence-corrected chi connectivity index (χ4v) is 5.46. The number of thiocarbonyl (C=S) groups is 1. The number of ether oxygens (including phenoxy) is 1. The molecule has 0 bridgehead atoms. The Labute approximate surface area is 240 Å². The normalized spacial score (nSPS) is 17.1. The second-order valence-electron chi connectivity index (χ2n) is 10.9. The van der Waals surface area contributed by atoms with E-state index >= 15 is 0 Å². The average Bonchev–Trinajstić information content (AvgIpc) is 3.44. The van der Waals surface area contributed by atoms with Gasteiger partial charge in [-0.05, 0) is 74.1 Å². The first kappa shape index (κ1) is 27.3. The Balaban J connectivity index is 1.62. The quantitative estimate of drug-likeness (QED) is 0.281. The number of hydrogen-bond acceptors (Lipinski definition) is 5. The van der Waals surface area contributed by atoms with Gasteiger partial charge in [-0.25, -0.2) is 4.98 Å². The van der Waals surface area contributed by atoms with Gasteiger partial charge in [0.05, 0.1) is 30.6 Å². The molecule has 8 nitrogen and oxygen atoms in total. The van der Waals surface area contributed by atoms with Crippen molar-refractivity contribution in [3.8, 4) is 11.6 Å². The number of anilines is 2. The molecule has 1 aliphatic rings. The number of nitrogens with zero attached hydrogens (tertiary/aromatic N) is 4. The minimum atomic E-state index is -0.540. The third-order valence-corrected chi connectivity index (χ3v) is 7.47. The smallest absolute Gasteiger partial charge is 0.229 e. The number of amides is 1. The van der Waals surface area contributed by atoms with Crippen LogP contribution in [0.15, 0.2) is 73.1 Å². The Morgan fingerprint density at radius 2 is 1.75 bits per heavy atom. The van der Waals surface area contributed by atoms with E-state index in [1.807, 2.05) is 75.4 Å². The summed E-state index contributed by atoms with van der Waals surface area (Å²) in [4.78, 5) is 24.1. The van der Waals surface area contributed by atoms with Crippen molar-refractivity contribution >= 4 is 34.6 Å². The third-order valence-electron chi connectivity index (χ3n) is 7.16. The van der Waals surface area contributed by atoms with E-state index in [0.717, 1.165) is 34.2 Å². The van der Waals surface area contributed by atoms with Gasteiger partial charge in [-0.1, -0.05) is 32.9 Å². The maximum absolute atomic E-state index is 12.7. The first-order valence-corrected chi connectivity index (χ1v) is 13.6. The standard InChI is InChI=1S/C31H34N6O2S/c1-19-17-22(20(2)36(19)26-12-8-10-16-33-26)28-27(24-11-7-9-15-32-24)35-30(40)37(28)21-13-14-23(25(18-21)39-6)34-29(38)31(3,4)5/h7-18,27-28H,1-6H3,(H,34,38)(H,35,40). The second kappa shape index (κ2) is 10.7. The van der Waals surface area contributed by atoms with E-state index in [-0.39, 0.29) is 18.0 Å². The fraction of sp³-hybridized carbons (Fsp3) is 0.290. The van der Waals surface area contributed by atoms with Crippen LogP contribution in [0.4, 0.5) is 11.4 Å². The molecule has 0 saturated carbocycles. The zero-order valence-electron chi connectivity index (χ0n) is 23.6. The van der Waals surface area contributed by atoms with E-state index < -0.39 is 5.41 Å². The number of methoxy groups -OCH3 is 1. The highest BCUT2D eigenvalue weighted by Crippen LogP contribution is 2.45. The zero-order valence-corrected chi connectivity index (χ0v) is 24.4. The molecule has 1 aromatic carbocycles. The van der Waals surface area contributed by atoms with E-state index in [4.69, 9.17) is 17.0 Å². The molecule has 9 heteroatoms. The monoisotopic (exact) mass is 554 g/mol. The molecule has 1 amide bonds. The van der Waals surface area contributed by atoms with Gasteiger partial charge in [0.25, 0.3) is 0 Å². The number of benzene rings is 1. The minimum absolute atomic E-state index is 0.0908. The third kappa shape index (κ3) is 5.04. The predicted molar refractivity (Wildman–Crippen MR) is 162 cm³/mol.